The number of aliphatic imine (C=N–C) groups is 1. The van der Waals surface area contributed by atoms with E-state index in [0.717, 1.165) is 50.5 Å². The van der Waals surface area contributed by atoms with E-state index in [1.54, 1.807) is 0 Å². The Labute approximate surface area is 177 Å². The van der Waals surface area contributed by atoms with Crippen LogP contribution >= 0.6 is 11.6 Å². The summed E-state index contributed by atoms with van der Waals surface area (Å²) in [7, 11) is 0. The molecule has 3 rings (SSSR count). The van der Waals surface area contributed by atoms with Gasteiger partial charge in [-0.3, -0.25) is 4.90 Å². The van der Waals surface area contributed by atoms with E-state index in [1.165, 1.54) is 5.57 Å². The SMILES string of the molecule is C=C(C)CN1CCC(NC(=NCc2nc(-c3cccc(Cl)c3)no2)NCC)CC1. The number of piperidine rings is 1. The number of benzene rings is 1. The molecule has 0 bridgehead atoms. The molecule has 29 heavy (non-hydrogen) atoms. The molecule has 0 saturated carbocycles. The standard InChI is InChI=1S/C21H29ClN6O/c1-4-23-21(25-18-8-10-28(11-9-18)14-15(2)3)24-13-19-26-20(27-29-19)16-6-5-7-17(22)12-16/h5-7,12,18H,2,4,8-11,13-14H2,1,3H3,(H2,23,24,25). The summed E-state index contributed by atoms with van der Waals surface area (Å²) in [5.41, 5.74) is 2.03. The van der Waals surface area contributed by atoms with E-state index in [1.807, 2.05) is 24.3 Å². The van der Waals surface area contributed by atoms with Crippen LogP contribution in [0.15, 0.2) is 45.9 Å². The summed E-state index contributed by atoms with van der Waals surface area (Å²) >= 11 is 6.03. The molecule has 2 N–H and O–H groups in total. The van der Waals surface area contributed by atoms with Gasteiger partial charge in [0.15, 0.2) is 5.96 Å². The Hall–Kier alpha value is -2.38. The lowest BCUT2D eigenvalue weighted by atomic mass is 10.0. The quantitative estimate of drug-likeness (QED) is 0.408. The van der Waals surface area contributed by atoms with Crippen LogP contribution in [0.3, 0.4) is 0 Å². The predicted molar refractivity (Wildman–Crippen MR) is 117 cm³/mol. The average Bonchev–Trinajstić information content (AvgIpc) is 3.16. The number of halogens is 1. The fourth-order valence-corrected chi connectivity index (χ4v) is 3.53. The van der Waals surface area contributed by atoms with Gasteiger partial charge in [-0.05, 0) is 38.8 Å². The van der Waals surface area contributed by atoms with Crippen LogP contribution in [0.5, 0.6) is 0 Å². The first kappa shape index (κ1) is 21.3. The molecule has 1 aliphatic rings. The van der Waals surface area contributed by atoms with Gasteiger partial charge in [0.2, 0.25) is 11.7 Å². The van der Waals surface area contributed by atoms with Crippen LogP contribution in [-0.2, 0) is 6.54 Å². The lowest BCUT2D eigenvalue weighted by molar-refractivity contribution is 0.221. The van der Waals surface area contributed by atoms with Crippen molar-refractivity contribution in [1.82, 2.24) is 25.7 Å². The van der Waals surface area contributed by atoms with E-state index < -0.39 is 0 Å². The molecule has 1 aromatic carbocycles. The summed E-state index contributed by atoms with van der Waals surface area (Å²) < 4.78 is 5.35. The number of nitrogens with zero attached hydrogens (tertiary/aromatic N) is 4. The van der Waals surface area contributed by atoms with Gasteiger partial charge in [-0.1, -0.05) is 41.0 Å². The average molecular weight is 417 g/mol. The van der Waals surface area contributed by atoms with Gasteiger partial charge < -0.3 is 15.2 Å². The molecule has 1 saturated heterocycles. The van der Waals surface area contributed by atoms with Gasteiger partial charge in [-0.15, -0.1) is 0 Å². The van der Waals surface area contributed by atoms with E-state index in [0.29, 0.717) is 29.3 Å². The number of hydrogen-bond donors (Lipinski definition) is 2. The minimum Gasteiger partial charge on any atom is -0.357 e. The molecular weight excluding hydrogens is 388 g/mol. The molecule has 1 aliphatic heterocycles. The van der Waals surface area contributed by atoms with E-state index >= 15 is 0 Å². The third-order valence-electron chi connectivity index (χ3n) is 4.69. The van der Waals surface area contributed by atoms with Crippen LogP contribution in [-0.4, -0.2) is 53.2 Å². The Bertz CT molecular complexity index is 841. The molecule has 1 fully saturated rings. The van der Waals surface area contributed by atoms with Gasteiger partial charge in [0, 0.05) is 42.8 Å². The van der Waals surface area contributed by atoms with Crippen LogP contribution in [0.2, 0.25) is 5.02 Å². The summed E-state index contributed by atoms with van der Waals surface area (Å²) in [5, 5.41) is 11.5. The first-order valence-electron chi connectivity index (χ1n) is 10.0. The molecular formula is C21H29ClN6O. The van der Waals surface area contributed by atoms with Gasteiger partial charge in [0.25, 0.3) is 0 Å². The summed E-state index contributed by atoms with van der Waals surface area (Å²) in [6.45, 7) is 12.4. The minimum atomic E-state index is 0.317. The highest BCUT2D eigenvalue weighted by Gasteiger charge is 2.20. The van der Waals surface area contributed by atoms with Crippen LogP contribution < -0.4 is 10.6 Å². The van der Waals surface area contributed by atoms with Crippen molar-refractivity contribution in [1.29, 1.82) is 0 Å². The van der Waals surface area contributed by atoms with Crippen molar-refractivity contribution in [2.75, 3.05) is 26.2 Å². The molecule has 0 atom stereocenters. The Kier molecular flexibility index (Phi) is 7.66. The molecule has 0 spiro atoms. The molecule has 0 unspecified atom stereocenters. The second-order valence-electron chi connectivity index (χ2n) is 7.37. The molecule has 156 valence electrons. The number of rotatable bonds is 7. The van der Waals surface area contributed by atoms with E-state index in [4.69, 9.17) is 16.1 Å². The van der Waals surface area contributed by atoms with E-state index in [9.17, 15) is 0 Å². The zero-order valence-electron chi connectivity index (χ0n) is 17.1. The van der Waals surface area contributed by atoms with Crippen LogP contribution in [0.1, 0.15) is 32.6 Å². The highest BCUT2D eigenvalue weighted by molar-refractivity contribution is 6.30. The highest BCUT2D eigenvalue weighted by Crippen LogP contribution is 2.20. The van der Waals surface area contributed by atoms with Crippen molar-refractivity contribution in [3.05, 3.63) is 47.3 Å². The molecule has 7 nitrogen and oxygen atoms in total. The van der Waals surface area contributed by atoms with Crippen molar-refractivity contribution in [2.45, 2.75) is 39.3 Å². The summed E-state index contributed by atoms with van der Waals surface area (Å²) in [6, 6.07) is 7.79. The van der Waals surface area contributed by atoms with Gasteiger partial charge in [-0.2, -0.15) is 4.98 Å². The summed E-state index contributed by atoms with van der Waals surface area (Å²) in [6.07, 6.45) is 2.16. The number of aromatic nitrogens is 2. The smallest absolute Gasteiger partial charge is 0.248 e. The molecule has 2 heterocycles. The van der Waals surface area contributed by atoms with E-state index in [2.05, 4.69) is 51.1 Å². The van der Waals surface area contributed by atoms with Crippen LogP contribution in [0.4, 0.5) is 0 Å². The third kappa shape index (κ3) is 6.58. The lowest BCUT2D eigenvalue weighted by Crippen LogP contribution is -2.48. The number of likely N-dealkylation sites (tertiary alicyclic amines) is 1. The molecule has 2 aromatic rings. The predicted octanol–water partition coefficient (Wildman–Crippen LogP) is 3.49. The van der Waals surface area contributed by atoms with Gasteiger partial charge >= 0.3 is 0 Å². The second kappa shape index (κ2) is 10.4. The fourth-order valence-electron chi connectivity index (χ4n) is 3.34. The molecule has 0 aliphatic carbocycles. The topological polar surface area (TPSA) is 78.6 Å². The second-order valence-corrected chi connectivity index (χ2v) is 7.81. The Morgan fingerprint density at radius 3 is 2.86 bits per heavy atom. The Morgan fingerprint density at radius 1 is 1.38 bits per heavy atom. The van der Waals surface area contributed by atoms with Crippen molar-refractivity contribution >= 4 is 17.6 Å². The van der Waals surface area contributed by atoms with Crippen molar-refractivity contribution in [2.24, 2.45) is 4.99 Å². The third-order valence-corrected chi connectivity index (χ3v) is 4.92. The Morgan fingerprint density at radius 2 is 2.17 bits per heavy atom. The number of guanidine groups is 1. The summed E-state index contributed by atoms with van der Waals surface area (Å²) in [4.78, 5) is 11.5. The van der Waals surface area contributed by atoms with Gasteiger partial charge in [-0.25, -0.2) is 4.99 Å². The largest absolute Gasteiger partial charge is 0.357 e. The molecule has 0 radical (unpaired) electrons. The zero-order valence-corrected chi connectivity index (χ0v) is 17.9. The lowest BCUT2D eigenvalue weighted by Gasteiger charge is -2.33. The molecule has 8 heteroatoms. The van der Waals surface area contributed by atoms with Gasteiger partial charge in [0.05, 0.1) is 0 Å². The van der Waals surface area contributed by atoms with Crippen molar-refractivity contribution in [3.8, 4) is 11.4 Å². The number of nitrogens with one attached hydrogen (secondary N) is 2. The highest BCUT2D eigenvalue weighted by atomic mass is 35.5. The number of hydrogen-bond acceptors (Lipinski definition) is 5. The monoisotopic (exact) mass is 416 g/mol. The minimum absolute atomic E-state index is 0.317. The maximum atomic E-state index is 6.03. The fraction of sp³-hybridized carbons (Fsp3) is 0.476. The first-order valence-corrected chi connectivity index (χ1v) is 10.4. The first-order chi connectivity index (χ1) is 14.0. The Balaban J connectivity index is 1.56. The summed E-state index contributed by atoms with van der Waals surface area (Å²) in [5.74, 6) is 1.75. The van der Waals surface area contributed by atoms with Crippen molar-refractivity contribution in [3.63, 3.8) is 0 Å². The van der Waals surface area contributed by atoms with Crippen LogP contribution in [0, 0.1) is 0 Å². The molecule has 1 aromatic heterocycles. The molecule has 0 amide bonds. The maximum absolute atomic E-state index is 6.03. The van der Waals surface area contributed by atoms with Crippen LogP contribution in [0.25, 0.3) is 11.4 Å². The zero-order chi connectivity index (χ0) is 20.6. The normalized spacial score (nSPS) is 16.0. The van der Waals surface area contributed by atoms with E-state index in [-0.39, 0.29) is 0 Å². The maximum Gasteiger partial charge on any atom is 0.248 e. The van der Waals surface area contributed by atoms with Crippen molar-refractivity contribution < 1.29 is 4.52 Å². The van der Waals surface area contributed by atoms with Gasteiger partial charge in [0.1, 0.15) is 6.54 Å².